The largest absolute Gasteiger partial charge is 0.305 e. The number of nitrogens with zero attached hydrogens (tertiary/aromatic N) is 3. The molecule has 6 aromatic carbocycles. The van der Waals surface area contributed by atoms with E-state index in [0.29, 0.717) is 5.39 Å². The van der Waals surface area contributed by atoms with E-state index in [1.807, 2.05) is 42.7 Å². The van der Waals surface area contributed by atoms with Gasteiger partial charge in [0.15, 0.2) is 0 Å². The summed E-state index contributed by atoms with van der Waals surface area (Å²) >= 11 is 0. The van der Waals surface area contributed by atoms with Gasteiger partial charge in [0.2, 0.25) is 0 Å². The first-order chi connectivity index (χ1) is 18.8. The van der Waals surface area contributed by atoms with Crippen molar-refractivity contribution in [1.82, 2.24) is 9.97 Å². The van der Waals surface area contributed by atoms with Crippen LogP contribution in [0.5, 0.6) is 0 Å². The van der Waals surface area contributed by atoms with E-state index in [1.54, 1.807) is 6.07 Å². The van der Waals surface area contributed by atoms with Crippen molar-refractivity contribution >= 4 is 71.2 Å². The third-order valence-corrected chi connectivity index (χ3v) is 7.53. The number of fused-ring (bicyclic) bond motifs is 2. The molecule has 0 N–H and O–H groups in total. The molecule has 2 aromatic heterocycles. The van der Waals surface area contributed by atoms with Crippen molar-refractivity contribution in [3.63, 3.8) is 0 Å². The topological polar surface area (TPSA) is 29.0 Å². The molecular weight excluding hydrogens is 469 g/mol. The van der Waals surface area contributed by atoms with E-state index >= 15 is 0 Å². The Labute approximate surface area is 217 Å². The lowest BCUT2D eigenvalue weighted by atomic mass is 9.92. The van der Waals surface area contributed by atoms with Crippen LogP contribution in [-0.4, -0.2) is 9.97 Å². The number of hydrogen-bond acceptors (Lipinski definition) is 3. The molecule has 0 radical (unpaired) electrons. The van der Waals surface area contributed by atoms with E-state index in [9.17, 15) is 4.39 Å². The predicted octanol–water partition coefficient (Wildman–Crippen LogP) is 9.29. The molecule has 8 rings (SSSR count). The number of hydrogen-bond donors (Lipinski definition) is 0. The van der Waals surface area contributed by atoms with Gasteiger partial charge in [0, 0.05) is 39.3 Å². The van der Waals surface area contributed by atoms with E-state index in [1.165, 1.54) is 0 Å². The van der Waals surface area contributed by atoms with Crippen LogP contribution >= 0.6 is 0 Å². The van der Waals surface area contributed by atoms with Crippen LogP contribution in [0.25, 0.3) is 54.1 Å². The lowest BCUT2D eigenvalue weighted by molar-refractivity contribution is 0.640. The zero-order chi connectivity index (χ0) is 25.2. The lowest BCUT2D eigenvalue weighted by Gasteiger charge is -2.29. The molecule has 0 aliphatic rings. The van der Waals surface area contributed by atoms with Gasteiger partial charge in [-0.05, 0) is 52.6 Å². The summed E-state index contributed by atoms with van der Waals surface area (Å²) in [5.41, 5.74) is 4.72. The molecule has 0 aliphatic heterocycles. The predicted molar refractivity (Wildman–Crippen MR) is 155 cm³/mol. The third kappa shape index (κ3) is 2.94. The molecule has 0 bridgehead atoms. The summed E-state index contributed by atoms with van der Waals surface area (Å²) in [4.78, 5) is 11.8. The SMILES string of the molecule is Fc1ccc2ccc3c(N(c4cccc5cccnc45)c4cccc5cccnc45)ccc4ccc1c2c43. The van der Waals surface area contributed by atoms with E-state index in [-0.39, 0.29) is 5.82 Å². The fourth-order valence-corrected chi connectivity index (χ4v) is 5.87. The number of benzene rings is 6. The van der Waals surface area contributed by atoms with Gasteiger partial charge in [0.25, 0.3) is 0 Å². The molecule has 0 aliphatic carbocycles. The summed E-state index contributed by atoms with van der Waals surface area (Å²) in [7, 11) is 0. The van der Waals surface area contributed by atoms with Crippen molar-refractivity contribution in [2.24, 2.45) is 0 Å². The number of rotatable bonds is 3. The minimum absolute atomic E-state index is 0.203. The Bertz CT molecular complexity index is 2080. The first-order valence-electron chi connectivity index (χ1n) is 12.6. The van der Waals surface area contributed by atoms with Crippen molar-refractivity contribution in [2.75, 3.05) is 4.90 Å². The molecule has 0 unspecified atom stereocenters. The first kappa shape index (κ1) is 21.0. The van der Waals surface area contributed by atoms with E-state index in [4.69, 9.17) is 9.97 Å². The zero-order valence-electron chi connectivity index (χ0n) is 20.3. The maximum atomic E-state index is 14.9. The first-order valence-corrected chi connectivity index (χ1v) is 12.6. The van der Waals surface area contributed by atoms with E-state index < -0.39 is 0 Å². The van der Waals surface area contributed by atoms with E-state index in [2.05, 4.69) is 77.7 Å². The minimum atomic E-state index is -0.203. The van der Waals surface area contributed by atoms with Crippen LogP contribution < -0.4 is 4.90 Å². The smallest absolute Gasteiger partial charge is 0.131 e. The Morgan fingerprint density at radius 2 is 0.974 bits per heavy atom. The number of aromatic nitrogens is 2. The van der Waals surface area contributed by atoms with Gasteiger partial charge in [-0.1, -0.05) is 72.8 Å². The molecular formula is C34H20FN3. The van der Waals surface area contributed by atoms with Gasteiger partial charge in [-0.3, -0.25) is 9.97 Å². The third-order valence-electron chi connectivity index (χ3n) is 7.53. The number of para-hydroxylation sites is 2. The molecule has 0 spiro atoms. The van der Waals surface area contributed by atoms with Crippen molar-refractivity contribution < 1.29 is 4.39 Å². The lowest BCUT2D eigenvalue weighted by Crippen LogP contribution is -2.12. The molecule has 2 heterocycles. The summed E-state index contributed by atoms with van der Waals surface area (Å²) < 4.78 is 14.9. The normalized spacial score (nSPS) is 11.8. The molecule has 0 saturated carbocycles. The van der Waals surface area contributed by atoms with Crippen LogP contribution in [0.4, 0.5) is 21.5 Å². The highest BCUT2D eigenvalue weighted by atomic mass is 19.1. The minimum Gasteiger partial charge on any atom is -0.305 e. The highest BCUT2D eigenvalue weighted by Crippen LogP contribution is 2.46. The highest BCUT2D eigenvalue weighted by Gasteiger charge is 2.22. The van der Waals surface area contributed by atoms with Crippen molar-refractivity contribution in [3.8, 4) is 0 Å². The monoisotopic (exact) mass is 489 g/mol. The second-order valence-electron chi connectivity index (χ2n) is 9.59. The Morgan fingerprint density at radius 3 is 1.63 bits per heavy atom. The Kier molecular flexibility index (Phi) is 4.40. The van der Waals surface area contributed by atoms with Gasteiger partial charge in [0.1, 0.15) is 5.82 Å². The fraction of sp³-hybridized carbons (Fsp3) is 0. The number of halogens is 1. The van der Waals surface area contributed by atoms with Gasteiger partial charge in [-0.25, -0.2) is 4.39 Å². The molecule has 4 heteroatoms. The van der Waals surface area contributed by atoms with Gasteiger partial charge < -0.3 is 4.90 Å². The molecule has 178 valence electrons. The molecule has 0 fully saturated rings. The standard InChI is InChI=1S/C34H20FN3/c35-27-17-13-21-12-16-26-28(18-14-22-11-15-25(27)31(21)32(22)26)38(29-9-1-5-23-7-3-19-36-33(23)29)30-10-2-6-24-8-4-20-37-34(24)30/h1-20H. The van der Waals surface area contributed by atoms with Crippen LogP contribution in [-0.2, 0) is 0 Å². The van der Waals surface area contributed by atoms with Gasteiger partial charge in [0.05, 0.1) is 28.1 Å². The maximum absolute atomic E-state index is 14.9. The van der Waals surface area contributed by atoms with Crippen LogP contribution in [0.15, 0.2) is 122 Å². The quantitative estimate of drug-likeness (QED) is 0.232. The average molecular weight is 490 g/mol. The van der Waals surface area contributed by atoms with Gasteiger partial charge in [-0.15, -0.1) is 0 Å². The van der Waals surface area contributed by atoms with Crippen LogP contribution in [0.2, 0.25) is 0 Å². The summed E-state index contributed by atoms with van der Waals surface area (Å²) in [6.07, 6.45) is 3.66. The summed E-state index contributed by atoms with van der Waals surface area (Å²) in [5, 5.41) is 7.93. The highest BCUT2D eigenvalue weighted by molar-refractivity contribution is 6.26. The Morgan fingerprint density at radius 1 is 0.447 bits per heavy atom. The van der Waals surface area contributed by atoms with Crippen LogP contribution in [0.3, 0.4) is 0 Å². The van der Waals surface area contributed by atoms with E-state index in [0.717, 1.165) is 65.8 Å². The maximum Gasteiger partial charge on any atom is 0.131 e. The zero-order valence-corrected chi connectivity index (χ0v) is 20.3. The van der Waals surface area contributed by atoms with Crippen LogP contribution in [0.1, 0.15) is 0 Å². The number of anilines is 3. The van der Waals surface area contributed by atoms with Crippen molar-refractivity contribution in [1.29, 1.82) is 0 Å². The average Bonchev–Trinajstić information content (AvgIpc) is 2.98. The molecule has 0 amide bonds. The second kappa shape index (κ2) is 7.95. The summed E-state index contributed by atoms with van der Waals surface area (Å²) in [6.45, 7) is 0. The second-order valence-corrected chi connectivity index (χ2v) is 9.59. The number of pyridine rings is 2. The van der Waals surface area contributed by atoms with Gasteiger partial charge in [-0.2, -0.15) is 0 Å². The summed E-state index contributed by atoms with van der Waals surface area (Å²) in [5.74, 6) is -0.203. The molecule has 8 aromatic rings. The molecule has 38 heavy (non-hydrogen) atoms. The molecule has 3 nitrogen and oxygen atoms in total. The summed E-state index contributed by atoms with van der Waals surface area (Å²) in [6, 6.07) is 36.4. The van der Waals surface area contributed by atoms with Crippen LogP contribution in [0, 0.1) is 5.82 Å². The Balaban J connectivity index is 1.54. The molecule has 0 atom stereocenters. The fourth-order valence-electron chi connectivity index (χ4n) is 5.87. The van der Waals surface area contributed by atoms with Crippen molar-refractivity contribution in [3.05, 3.63) is 127 Å². The van der Waals surface area contributed by atoms with Gasteiger partial charge >= 0.3 is 0 Å². The van der Waals surface area contributed by atoms with Crippen molar-refractivity contribution in [2.45, 2.75) is 0 Å². The Hall–Kier alpha value is -5.09. The molecule has 0 saturated heterocycles.